The average Bonchev–Trinajstić information content (AvgIpc) is 2.79. The molecule has 2 aromatic rings. The summed E-state index contributed by atoms with van der Waals surface area (Å²) >= 11 is 3.64. The van der Waals surface area contributed by atoms with Crippen LogP contribution in [-0.2, 0) is 15.9 Å². The first-order chi connectivity index (χ1) is 15.4. The number of fused-ring (bicyclic) bond motifs is 1. The zero-order valence-corrected chi connectivity index (χ0v) is 21.0. The summed E-state index contributed by atoms with van der Waals surface area (Å²) < 4.78 is 13.2. The van der Waals surface area contributed by atoms with Gasteiger partial charge >= 0.3 is 0 Å². The molecule has 2 aromatic carbocycles. The quantitative estimate of drug-likeness (QED) is 0.435. The third-order valence-electron chi connectivity index (χ3n) is 6.12. The van der Waals surface area contributed by atoms with Crippen LogP contribution in [0.3, 0.4) is 0 Å². The van der Waals surface area contributed by atoms with Crippen molar-refractivity contribution in [1.82, 2.24) is 0 Å². The van der Waals surface area contributed by atoms with E-state index in [1.165, 1.54) is 27.8 Å². The van der Waals surface area contributed by atoms with Crippen molar-refractivity contribution in [2.24, 2.45) is 0 Å². The zero-order chi connectivity index (χ0) is 22.7. The van der Waals surface area contributed by atoms with Crippen LogP contribution in [0.5, 0.6) is 0 Å². The first-order valence-corrected chi connectivity index (χ1v) is 12.1. The molecule has 0 saturated heterocycles. The second-order valence-electron chi connectivity index (χ2n) is 9.04. The van der Waals surface area contributed by atoms with Crippen LogP contribution in [0.15, 0.2) is 70.9 Å². The number of hydrogen-bond acceptors (Lipinski definition) is 3. The molecule has 4 heteroatoms. The van der Waals surface area contributed by atoms with E-state index in [9.17, 15) is 0 Å². The summed E-state index contributed by atoms with van der Waals surface area (Å²) in [6.45, 7) is 7.23. The number of hydrogen-bond donors (Lipinski definition) is 1. The van der Waals surface area contributed by atoms with Gasteiger partial charge in [0.05, 0.1) is 25.4 Å². The Bertz CT molecular complexity index is 1080. The SMILES string of the molecule is COC1=C(c2ccc3c(c2)C(C(C)OCCc2ccccc2Br)=CC(C)(C)N3)C=CCC1. The smallest absolute Gasteiger partial charge is 0.104 e. The Morgan fingerprint density at radius 1 is 1.16 bits per heavy atom. The minimum atomic E-state index is -0.133. The van der Waals surface area contributed by atoms with Gasteiger partial charge in [-0.05, 0) is 68.5 Å². The van der Waals surface area contributed by atoms with Gasteiger partial charge in [0.1, 0.15) is 5.76 Å². The lowest BCUT2D eigenvalue weighted by Gasteiger charge is -2.34. The first-order valence-electron chi connectivity index (χ1n) is 11.3. The van der Waals surface area contributed by atoms with Crippen molar-refractivity contribution < 1.29 is 9.47 Å². The summed E-state index contributed by atoms with van der Waals surface area (Å²) in [6, 6.07) is 15.0. The van der Waals surface area contributed by atoms with Gasteiger partial charge in [0.15, 0.2) is 0 Å². The molecular weight excluding hydrogens is 462 g/mol. The van der Waals surface area contributed by atoms with Gasteiger partial charge in [0.2, 0.25) is 0 Å². The van der Waals surface area contributed by atoms with Crippen molar-refractivity contribution in [2.75, 3.05) is 19.0 Å². The van der Waals surface area contributed by atoms with Crippen LogP contribution in [0.25, 0.3) is 11.1 Å². The summed E-state index contributed by atoms with van der Waals surface area (Å²) in [4.78, 5) is 0. The van der Waals surface area contributed by atoms with E-state index in [2.05, 4.69) is 96.6 Å². The second kappa shape index (κ2) is 9.68. The van der Waals surface area contributed by atoms with Crippen LogP contribution in [0, 0.1) is 0 Å². The number of benzene rings is 2. The predicted octanol–water partition coefficient (Wildman–Crippen LogP) is 7.39. The number of rotatable bonds is 7. The van der Waals surface area contributed by atoms with Crippen LogP contribution in [-0.4, -0.2) is 25.4 Å². The van der Waals surface area contributed by atoms with Gasteiger partial charge in [-0.15, -0.1) is 0 Å². The van der Waals surface area contributed by atoms with E-state index in [-0.39, 0.29) is 11.6 Å². The molecule has 32 heavy (non-hydrogen) atoms. The molecule has 1 aliphatic carbocycles. The first kappa shape index (κ1) is 22.9. The standard InChI is InChI=1S/C28H32BrNO2/c1-19(32-16-15-20-9-5-7-11-25(20)29)24-18-28(2,3)30-26-14-13-21(17-23(24)26)22-10-6-8-12-27(22)31-4/h5-7,9-11,13-14,17-19,30H,8,12,15-16H2,1-4H3. The molecule has 4 rings (SSSR count). The molecule has 0 spiro atoms. The van der Waals surface area contributed by atoms with Crippen molar-refractivity contribution in [3.8, 4) is 0 Å². The lowest BCUT2D eigenvalue weighted by Crippen LogP contribution is -2.33. The third-order valence-corrected chi connectivity index (χ3v) is 6.89. The van der Waals surface area contributed by atoms with Crippen molar-refractivity contribution >= 4 is 32.8 Å². The number of anilines is 1. The van der Waals surface area contributed by atoms with Gasteiger partial charge < -0.3 is 14.8 Å². The molecule has 0 radical (unpaired) electrons. The largest absolute Gasteiger partial charge is 0.500 e. The molecular formula is C28H32BrNO2. The van der Waals surface area contributed by atoms with Crippen LogP contribution >= 0.6 is 15.9 Å². The van der Waals surface area contributed by atoms with Gasteiger partial charge in [-0.2, -0.15) is 0 Å². The summed E-state index contributed by atoms with van der Waals surface area (Å²) in [5.41, 5.74) is 7.08. The van der Waals surface area contributed by atoms with Crippen molar-refractivity contribution in [3.63, 3.8) is 0 Å². The maximum absolute atomic E-state index is 6.35. The van der Waals surface area contributed by atoms with Gasteiger partial charge in [-0.1, -0.05) is 58.4 Å². The van der Waals surface area contributed by atoms with Gasteiger partial charge in [0.25, 0.3) is 0 Å². The number of methoxy groups -OCH3 is 1. The molecule has 2 aliphatic rings. The Labute approximate surface area is 200 Å². The summed E-state index contributed by atoms with van der Waals surface area (Å²) in [6.07, 6.45) is 9.56. The van der Waals surface area contributed by atoms with Crippen molar-refractivity contribution in [2.45, 2.75) is 51.7 Å². The fraction of sp³-hybridized carbons (Fsp3) is 0.357. The molecule has 0 amide bonds. The molecule has 1 heterocycles. The van der Waals surface area contributed by atoms with E-state index in [1.807, 2.05) is 6.07 Å². The van der Waals surface area contributed by atoms with E-state index in [0.717, 1.165) is 35.2 Å². The molecule has 0 bridgehead atoms. The zero-order valence-electron chi connectivity index (χ0n) is 19.4. The number of ether oxygens (including phenoxy) is 2. The Morgan fingerprint density at radius 3 is 2.75 bits per heavy atom. The average molecular weight is 494 g/mol. The minimum absolute atomic E-state index is 0.00867. The molecule has 1 N–H and O–H groups in total. The fourth-order valence-corrected chi connectivity index (χ4v) is 4.98. The molecule has 3 nitrogen and oxygen atoms in total. The Kier molecular flexibility index (Phi) is 6.92. The normalized spacial score (nSPS) is 18.0. The summed E-state index contributed by atoms with van der Waals surface area (Å²) in [5.74, 6) is 1.06. The van der Waals surface area contributed by atoms with Gasteiger partial charge in [-0.3, -0.25) is 0 Å². The number of halogens is 1. The highest BCUT2D eigenvalue weighted by atomic mass is 79.9. The summed E-state index contributed by atoms with van der Waals surface area (Å²) in [7, 11) is 1.77. The Hall–Kier alpha value is -2.30. The molecule has 1 unspecified atom stereocenters. The van der Waals surface area contributed by atoms with Crippen molar-refractivity contribution in [3.05, 3.63) is 87.6 Å². The maximum Gasteiger partial charge on any atom is 0.104 e. The molecule has 0 saturated carbocycles. The molecule has 0 fully saturated rings. The maximum atomic E-state index is 6.35. The lowest BCUT2D eigenvalue weighted by atomic mass is 9.85. The molecule has 168 valence electrons. The monoisotopic (exact) mass is 493 g/mol. The summed E-state index contributed by atoms with van der Waals surface area (Å²) in [5, 5.41) is 3.66. The van der Waals surface area contributed by atoms with Crippen molar-refractivity contribution in [1.29, 1.82) is 0 Å². The van der Waals surface area contributed by atoms with E-state index < -0.39 is 0 Å². The predicted molar refractivity (Wildman–Crippen MR) is 138 cm³/mol. The lowest BCUT2D eigenvalue weighted by molar-refractivity contribution is 0.106. The van der Waals surface area contributed by atoms with Gasteiger partial charge in [0, 0.05) is 27.7 Å². The highest BCUT2D eigenvalue weighted by molar-refractivity contribution is 9.10. The highest BCUT2D eigenvalue weighted by Gasteiger charge is 2.28. The minimum Gasteiger partial charge on any atom is -0.500 e. The van der Waals surface area contributed by atoms with Crippen LogP contribution < -0.4 is 5.32 Å². The van der Waals surface area contributed by atoms with Crippen LogP contribution in [0.4, 0.5) is 5.69 Å². The highest BCUT2D eigenvalue weighted by Crippen LogP contribution is 2.39. The molecule has 1 aliphatic heterocycles. The Morgan fingerprint density at radius 2 is 1.97 bits per heavy atom. The molecule has 1 atom stereocenters. The van der Waals surface area contributed by atoms with E-state index in [0.29, 0.717) is 6.61 Å². The van der Waals surface area contributed by atoms with E-state index in [4.69, 9.17) is 9.47 Å². The topological polar surface area (TPSA) is 30.5 Å². The van der Waals surface area contributed by atoms with E-state index >= 15 is 0 Å². The number of nitrogens with one attached hydrogen (secondary N) is 1. The van der Waals surface area contributed by atoms with Crippen LogP contribution in [0.2, 0.25) is 0 Å². The van der Waals surface area contributed by atoms with Crippen LogP contribution in [0.1, 0.15) is 50.3 Å². The second-order valence-corrected chi connectivity index (χ2v) is 9.90. The third kappa shape index (κ3) is 5.02. The van der Waals surface area contributed by atoms with Gasteiger partial charge in [-0.25, -0.2) is 0 Å². The number of allylic oxidation sites excluding steroid dienone is 4. The fourth-order valence-electron chi connectivity index (χ4n) is 4.49. The van der Waals surface area contributed by atoms with E-state index in [1.54, 1.807) is 7.11 Å². The Balaban J connectivity index is 1.59. The molecule has 0 aromatic heterocycles.